The van der Waals surface area contributed by atoms with Crippen LogP contribution in [0.5, 0.6) is 0 Å². The van der Waals surface area contributed by atoms with Gasteiger partial charge in [-0.2, -0.15) is 4.99 Å². The summed E-state index contributed by atoms with van der Waals surface area (Å²) in [6, 6.07) is 6.02. The van der Waals surface area contributed by atoms with Crippen LogP contribution in [0.15, 0.2) is 23.2 Å². The predicted molar refractivity (Wildman–Crippen MR) is 65.7 cm³/mol. The van der Waals surface area contributed by atoms with E-state index >= 15 is 0 Å². The molecule has 1 aliphatic rings. The second-order valence-corrected chi connectivity index (χ2v) is 5.18. The smallest absolute Gasteiger partial charge is 0.211 e. The Morgan fingerprint density at radius 2 is 2.18 bits per heavy atom. The van der Waals surface area contributed by atoms with Crippen LogP contribution in [-0.2, 0) is 10.3 Å². The molecule has 5 heteroatoms. The van der Waals surface area contributed by atoms with E-state index in [1.54, 1.807) is 6.08 Å². The highest BCUT2D eigenvalue weighted by molar-refractivity contribution is 7.12. The van der Waals surface area contributed by atoms with Crippen LogP contribution >= 0.6 is 11.5 Å². The molecule has 0 N–H and O–H groups in total. The van der Waals surface area contributed by atoms with E-state index in [-0.39, 0.29) is 5.54 Å². The topological polar surface area (TPSA) is 55.2 Å². The zero-order chi connectivity index (χ0) is 11.7. The SMILES string of the molecule is O=C=NC1(c2ccc3nnsc3c2)CCCC1. The third-order valence-electron chi connectivity index (χ3n) is 3.48. The zero-order valence-electron chi connectivity index (χ0n) is 9.22. The van der Waals surface area contributed by atoms with Crippen molar-refractivity contribution < 1.29 is 4.79 Å². The molecule has 1 aliphatic carbocycles. The van der Waals surface area contributed by atoms with Gasteiger partial charge in [0.15, 0.2) is 0 Å². The van der Waals surface area contributed by atoms with Crippen molar-refractivity contribution in [2.75, 3.05) is 0 Å². The van der Waals surface area contributed by atoms with Crippen LogP contribution < -0.4 is 0 Å². The van der Waals surface area contributed by atoms with Gasteiger partial charge >= 0.3 is 0 Å². The summed E-state index contributed by atoms with van der Waals surface area (Å²) in [4.78, 5) is 14.7. The normalized spacial score (nSPS) is 18.1. The number of rotatable bonds is 2. The Hall–Kier alpha value is -1.58. The summed E-state index contributed by atoms with van der Waals surface area (Å²) in [6.07, 6.45) is 5.83. The van der Waals surface area contributed by atoms with Crippen LogP contribution in [0, 0.1) is 0 Å². The third kappa shape index (κ3) is 1.68. The standard InChI is InChI=1S/C12H11N3OS/c16-8-13-12(5-1-2-6-12)9-3-4-10-11(7-9)17-15-14-10/h3-4,7H,1-2,5-6H2. The molecular weight excluding hydrogens is 234 g/mol. The Labute approximate surface area is 103 Å². The lowest BCUT2D eigenvalue weighted by Crippen LogP contribution is -2.18. The zero-order valence-corrected chi connectivity index (χ0v) is 10.0. The maximum Gasteiger partial charge on any atom is 0.235 e. The Kier molecular flexibility index (Phi) is 2.50. The Morgan fingerprint density at radius 3 is 2.94 bits per heavy atom. The monoisotopic (exact) mass is 245 g/mol. The van der Waals surface area contributed by atoms with Crippen molar-refractivity contribution in [3.05, 3.63) is 23.8 Å². The molecular formula is C12H11N3OS. The van der Waals surface area contributed by atoms with Crippen molar-refractivity contribution in [1.82, 2.24) is 9.59 Å². The Bertz CT molecular complexity index is 595. The molecule has 0 atom stereocenters. The summed E-state index contributed by atoms with van der Waals surface area (Å²) in [5.41, 5.74) is 1.65. The van der Waals surface area contributed by atoms with Crippen LogP contribution in [-0.4, -0.2) is 15.7 Å². The molecule has 86 valence electrons. The van der Waals surface area contributed by atoms with Gasteiger partial charge in [-0.25, -0.2) is 4.79 Å². The van der Waals surface area contributed by atoms with E-state index in [0.29, 0.717) is 0 Å². The summed E-state index contributed by atoms with van der Waals surface area (Å²) >= 11 is 1.38. The molecule has 3 rings (SSSR count). The summed E-state index contributed by atoms with van der Waals surface area (Å²) in [6.45, 7) is 0. The van der Waals surface area contributed by atoms with Crippen LogP contribution in [0.4, 0.5) is 0 Å². The quantitative estimate of drug-likeness (QED) is 0.604. The van der Waals surface area contributed by atoms with E-state index in [0.717, 1.165) is 41.5 Å². The molecule has 0 bridgehead atoms. The predicted octanol–water partition coefficient (Wildman–Crippen LogP) is 2.80. The van der Waals surface area contributed by atoms with Crippen LogP contribution in [0.25, 0.3) is 10.2 Å². The van der Waals surface area contributed by atoms with Gasteiger partial charge in [0.05, 0.1) is 10.2 Å². The third-order valence-corrected chi connectivity index (χ3v) is 4.16. The molecule has 1 saturated carbocycles. The molecule has 0 saturated heterocycles. The molecule has 1 aromatic carbocycles. The number of nitrogens with zero attached hydrogens (tertiary/aromatic N) is 3. The van der Waals surface area contributed by atoms with E-state index in [1.165, 1.54) is 11.5 Å². The molecule has 0 amide bonds. The van der Waals surface area contributed by atoms with Gasteiger partial charge in [-0.1, -0.05) is 23.4 Å². The van der Waals surface area contributed by atoms with Gasteiger partial charge in [-0.3, -0.25) is 0 Å². The lowest BCUT2D eigenvalue weighted by Gasteiger charge is -2.22. The Balaban J connectivity index is 2.14. The summed E-state index contributed by atoms with van der Waals surface area (Å²) < 4.78 is 4.97. The van der Waals surface area contributed by atoms with E-state index in [1.807, 2.05) is 12.1 Å². The van der Waals surface area contributed by atoms with Crippen molar-refractivity contribution in [2.45, 2.75) is 31.2 Å². The number of benzene rings is 1. The van der Waals surface area contributed by atoms with Crippen LogP contribution in [0.3, 0.4) is 0 Å². The van der Waals surface area contributed by atoms with Crippen molar-refractivity contribution >= 4 is 27.8 Å². The number of hydrogen-bond donors (Lipinski definition) is 0. The first-order chi connectivity index (χ1) is 8.34. The van der Waals surface area contributed by atoms with Crippen LogP contribution in [0.1, 0.15) is 31.2 Å². The minimum absolute atomic E-state index is 0.347. The van der Waals surface area contributed by atoms with Crippen LogP contribution in [0.2, 0.25) is 0 Å². The molecule has 4 nitrogen and oxygen atoms in total. The second kappa shape index (κ2) is 4.02. The van der Waals surface area contributed by atoms with Gasteiger partial charge in [0, 0.05) is 0 Å². The largest absolute Gasteiger partial charge is 0.235 e. The lowest BCUT2D eigenvalue weighted by molar-refractivity contribution is 0.456. The summed E-state index contributed by atoms with van der Waals surface area (Å²) in [5, 5.41) is 4.02. The average molecular weight is 245 g/mol. The average Bonchev–Trinajstić information content (AvgIpc) is 2.96. The van der Waals surface area contributed by atoms with Gasteiger partial charge in [-0.05, 0) is 42.1 Å². The molecule has 0 spiro atoms. The highest BCUT2D eigenvalue weighted by Gasteiger charge is 2.35. The van der Waals surface area contributed by atoms with Crippen molar-refractivity contribution in [3.8, 4) is 0 Å². The molecule has 0 radical (unpaired) electrons. The highest BCUT2D eigenvalue weighted by atomic mass is 32.1. The molecule has 1 heterocycles. The minimum atomic E-state index is -0.347. The molecule has 0 unspecified atom stereocenters. The molecule has 1 aromatic heterocycles. The van der Waals surface area contributed by atoms with E-state index in [4.69, 9.17) is 0 Å². The lowest BCUT2D eigenvalue weighted by atomic mass is 9.89. The highest BCUT2D eigenvalue weighted by Crippen LogP contribution is 2.42. The van der Waals surface area contributed by atoms with Crippen molar-refractivity contribution in [1.29, 1.82) is 0 Å². The molecule has 0 aliphatic heterocycles. The first-order valence-electron chi connectivity index (χ1n) is 5.66. The number of carbonyl (C=O) groups excluding carboxylic acids is 1. The number of hydrogen-bond acceptors (Lipinski definition) is 5. The van der Waals surface area contributed by atoms with Crippen molar-refractivity contribution in [2.24, 2.45) is 4.99 Å². The van der Waals surface area contributed by atoms with E-state index in [2.05, 4.69) is 20.6 Å². The van der Waals surface area contributed by atoms with Crippen molar-refractivity contribution in [3.63, 3.8) is 0 Å². The first kappa shape index (κ1) is 10.6. The number of fused-ring (bicyclic) bond motifs is 1. The summed E-state index contributed by atoms with van der Waals surface area (Å²) in [5.74, 6) is 0. The summed E-state index contributed by atoms with van der Waals surface area (Å²) in [7, 11) is 0. The first-order valence-corrected chi connectivity index (χ1v) is 6.43. The molecule has 17 heavy (non-hydrogen) atoms. The fraction of sp³-hybridized carbons (Fsp3) is 0.417. The maximum absolute atomic E-state index is 10.6. The maximum atomic E-state index is 10.6. The van der Waals surface area contributed by atoms with Gasteiger partial charge in [0.2, 0.25) is 6.08 Å². The van der Waals surface area contributed by atoms with Gasteiger partial charge in [0.25, 0.3) is 0 Å². The Morgan fingerprint density at radius 1 is 1.35 bits per heavy atom. The van der Waals surface area contributed by atoms with E-state index < -0.39 is 0 Å². The molecule has 1 fully saturated rings. The van der Waals surface area contributed by atoms with Gasteiger partial charge in [-0.15, -0.1) is 5.10 Å². The number of isocyanates is 1. The fourth-order valence-electron chi connectivity index (χ4n) is 2.58. The fourth-order valence-corrected chi connectivity index (χ4v) is 3.18. The number of aromatic nitrogens is 2. The van der Waals surface area contributed by atoms with E-state index in [9.17, 15) is 4.79 Å². The molecule has 2 aromatic rings. The number of aliphatic imine (C=N–C) groups is 1. The van der Waals surface area contributed by atoms with Gasteiger partial charge in [0.1, 0.15) is 5.52 Å². The second-order valence-electron chi connectivity index (χ2n) is 4.40. The minimum Gasteiger partial charge on any atom is -0.211 e. The van der Waals surface area contributed by atoms with Gasteiger partial charge < -0.3 is 0 Å².